The van der Waals surface area contributed by atoms with Gasteiger partial charge in [-0.15, -0.1) is 0 Å². The summed E-state index contributed by atoms with van der Waals surface area (Å²) in [5.74, 6) is 1.68. The first kappa shape index (κ1) is 15.8. The summed E-state index contributed by atoms with van der Waals surface area (Å²) in [6.45, 7) is 6.65. The second-order valence-electron chi connectivity index (χ2n) is 6.16. The second kappa shape index (κ2) is 6.97. The molecule has 0 unspecified atom stereocenters. The van der Waals surface area contributed by atoms with Crippen LogP contribution in [0.3, 0.4) is 0 Å². The van der Waals surface area contributed by atoms with Gasteiger partial charge >= 0.3 is 0 Å². The predicted octanol–water partition coefficient (Wildman–Crippen LogP) is 4.83. The fourth-order valence-corrected chi connectivity index (χ4v) is 3.38. The molecule has 2 heterocycles. The maximum atomic E-state index is 5.86. The Morgan fingerprint density at radius 1 is 1.27 bits per heavy atom. The van der Waals surface area contributed by atoms with Crippen LogP contribution in [0.4, 0.5) is 0 Å². The van der Waals surface area contributed by atoms with E-state index >= 15 is 0 Å². The molecule has 0 spiro atoms. The van der Waals surface area contributed by atoms with Crippen LogP contribution in [-0.4, -0.2) is 29.0 Å². The summed E-state index contributed by atoms with van der Waals surface area (Å²) < 4.78 is 6.93. The molecule has 118 valence electrons. The summed E-state index contributed by atoms with van der Waals surface area (Å²) in [7, 11) is 0. The molecule has 3 nitrogen and oxygen atoms in total. The zero-order valence-electron chi connectivity index (χ0n) is 13.3. The van der Waals surface area contributed by atoms with Crippen molar-refractivity contribution in [2.45, 2.75) is 45.6 Å². The van der Waals surface area contributed by atoms with E-state index in [4.69, 9.17) is 9.40 Å². The summed E-state index contributed by atoms with van der Waals surface area (Å²) in [5.41, 5.74) is 2.12. The molecule has 1 aromatic heterocycles. The average Bonchev–Trinajstić information content (AvgIpc) is 2.88. The molecule has 1 aliphatic heterocycles. The van der Waals surface area contributed by atoms with E-state index in [0.717, 1.165) is 40.3 Å². The summed E-state index contributed by atoms with van der Waals surface area (Å²) >= 11 is 3.46. The van der Waals surface area contributed by atoms with Crippen molar-refractivity contribution in [2.75, 3.05) is 13.1 Å². The van der Waals surface area contributed by atoms with Gasteiger partial charge in [0.15, 0.2) is 0 Å². The van der Waals surface area contributed by atoms with Crippen LogP contribution < -0.4 is 0 Å². The summed E-state index contributed by atoms with van der Waals surface area (Å²) in [6.07, 6.45) is 4.98. The minimum atomic E-state index is 0.701. The SMILES string of the molecule is Cc1oc(-c2ccc(Br)cc2)nc1CCN1CCCC[C@H]1C. The fourth-order valence-electron chi connectivity index (χ4n) is 3.12. The molecular formula is C18H23BrN2O. The van der Waals surface area contributed by atoms with Crippen LogP contribution in [0.5, 0.6) is 0 Å². The number of hydrogen-bond acceptors (Lipinski definition) is 3. The molecular weight excluding hydrogens is 340 g/mol. The van der Waals surface area contributed by atoms with Crippen LogP contribution in [0.1, 0.15) is 37.6 Å². The van der Waals surface area contributed by atoms with Crippen LogP contribution in [0.15, 0.2) is 33.2 Å². The summed E-state index contributed by atoms with van der Waals surface area (Å²) in [4.78, 5) is 7.29. The summed E-state index contributed by atoms with van der Waals surface area (Å²) in [6, 6.07) is 8.80. The van der Waals surface area contributed by atoms with Gasteiger partial charge in [-0.2, -0.15) is 0 Å². The number of oxazole rings is 1. The molecule has 0 N–H and O–H groups in total. The molecule has 0 aliphatic carbocycles. The number of piperidine rings is 1. The average molecular weight is 363 g/mol. The van der Waals surface area contributed by atoms with Crippen LogP contribution in [-0.2, 0) is 6.42 Å². The highest BCUT2D eigenvalue weighted by Crippen LogP contribution is 2.24. The van der Waals surface area contributed by atoms with Crippen LogP contribution in [0, 0.1) is 6.92 Å². The van der Waals surface area contributed by atoms with Gasteiger partial charge in [0.05, 0.1) is 5.69 Å². The van der Waals surface area contributed by atoms with Gasteiger partial charge in [0, 0.05) is 29.0 Å². The third-order valence-corrected chi connectivity index (χ3v) is 5.09. The van der Waals surface area contributed by atoms with Gasteiger partial charge in [-0.1, -0.05) is 22.4 Å². The molecule has 2 aromatic rings. The van der Waals surface area contributed by atoms with Crippen molar-refractivity contribution in [1.29, 1.82) is 0 Å². The molecule has 1 aromatic carbocycles. The number of halogens is 1. The largest absolute Gasteiger partial charge is 0.441 e. The number of aryl methyl sites for hydroxylation is 1. The Labute approximate surface area is 140 Å². The number of nitrogens with zero attached hydrogens (tertiary/aromatic N) is 2. The van der Waals surface area contributed by atoms with Crippen molar-refractivity contribution in [3.63, 3.8) is 0 Å². The highest BCUT2D eigenvalue weighted by atomic mass is 79.9. The van der Waals surface area contributed by atoms with E-state index in [0.29, 0.717) is 6.04 Å². The lowest BCUT2D eigenvalue weighted by Crippen LogP contribution is -2.38. The number of aromatic nitrogens is 1. The number of hydrogen-bond donors (Lipinski definition) is 0. The Kier molecular flexibility index (Phi) is 4.99. The molecule has 22 heavy (non-hydrogen) atoms. The van der Waals surface area contributed by atoms with Gasteiger partial charge < -0.3 is 9.32 Å². The molecule has 1 aliphatic rings. The van der Waals surface area contributed by atoms with Crippen molar-refractivity contribution < 1.29 is 4.42 Å². The lowest BCUT2D eigenvalue weighted by molar-refractivity contribution is 0.162. The third kappa shape index (κ3) is 3.61. The third-order valence-electron chi connectivity index (χ3n) is 4.56. The van der Waals surface area contributed by atoms with E-state index in [9.17, 15) is 0 Å². The quantitative estimate of drug-likeness (QED) is 0.779. The maximum absolute atomic E-state index is 5.86. The van der Waals surface area contributed by atoms with Gasteiger partial charge in [0.1, 0.15) is 5.76 Å². The van der Waals surface area contributed by atoms with Gasteiger partial charge in [-0.3, -0.25) is 0 Å². The molecule has 0 amide bonds. The van der Waals surface area contributed by atoms with E-state index < -0.39 is 0 Å². The molecule has 0 saturated carbocycles. The molecule has 0 bridgehead atoms. The smallest absolute Gasteiger partial charge is 0.226 e. The first-order chi connectivity index (χ1) is 10.6. The zero-order chi connectivity index (χ0) is 15.5. The van der Waals surface area contributed by atoms with E-state index in [1.54, 1.807) is 0 Å². The first-order valence-corrected chi connectivity index (χ1v) is 8.89. The predicted molar refractivity (Wildman–Crippen MR) is 93.0 cm³/mol. The van der Waals surface area contributed by atoms with E-state index in [2.05, 4.69) is 27.8 Å². The van der Waals surface area contributed by atoms with E-state index in [1.807, 2.05) is 31.2 Å². The topological polar surface area (TPSA) is 29.3 Å². The molecule has 1 saturated heterocycles. The Hall–Kier alpha value is -1.13. The minimum absolute atomic E-state index is 0.701. The molecule has 1 fully saturated rings. The Morgan fingerprint density at radius 3 is 2.77 bits per heavy atom. The number of likely N-dealkylation sites (tertiary alicyclic amines) is 1. The lowest BCUT2D eigenvalue weighted by atomic mass is 10.0. The standard InChI is InChI=1S/C18H23BrN2O/c1-13-5-3-4-11-21(13)12-10-17-14(2)22-18(20-17)15-6-8-16(19)9-7-15/h6-9,13H,3-5,10-12H2,1-2H3/t13-/m1/s1. The molecule has 1 atom stereocenters. The maximum Gasteiger partial charge on any atom is 0.226 e. The minimum Gasteiger partial charge on any atom is -0.441 e. The van der Waals surface area contributed by atoms with Gasteiger partial charge in [-0.25, -0.2) is 4.98 Å². The first-order valence-electron chi connectivity index (χ1n) is 8.10. The van der Waals surface area contributed by atoms with Gasteiger partial charge in [-0.05, 0) is 57.5 Å². The highest BCUT2D eigenvalue weighted by molar-refractivity contribution is 9.10. The summed E-state index contributed by atoms with van der Waals surface area (Å²) in [5, 5.41) is 0. The number of rotatable bonds is 4. The van der Waals surface area contributed by atoms with Crippen LogP contribution >= 0.6 is 15.9 Å². The number of benzene rings is 1. The van der Waals surface area contributed by atoms with Gasteiger partial charge in [0.25, 0.3) is 0 Å². The molecule has 4 heteroatoms. The zero-order valence-corrected chi connectivity index (χ0v) is 14.9. The Balaban J connectivity index is 1.68. The van der Waals surface area contributed by atoms with Crippen LogP contribution in [0.25, 0.3) is 11.5 Å². The monoisotopic (exact) mass is 362 g/mol. The van der Waals surface area contributed by atoms with Crippen molar-refractivity contribution in [2.24, 2.45) is 0 Å². The second-order valence-corrected chi connectivity index (χ2v) is 7.08. The normalized spacial score (nSPS) is 19.5. The fraction of sp³-hybridized carbons (Fsp3) is 0.500. The van der Waals surface area contributed by atoms with Gasteiger partial charge in [0.2, 0.25) is 5.89 Å². The molecule has 3 rings (SSSR count). The Morgan fingerprint density at radius 2 is 2.05 bits per heavy atom. The van der Waals surface area contributed by atoms with Crippen molar-refractivity contribution in [3.05, 3.63) is 40.2 Å². The van der Waals surface area contributed by atoms with E-state index in [1.165, 1.54) is 25.8 Å². The Bertz CT molecular complexity index is 621. The highest BCUT2D eigenvalue weighted by Gasteiger charge is 2.19. The van der Waals surface area contributed by atoms with Crippen molar-refractivity contribution >= 4 is 15.9 Å². The molecule has 0 radical (unpaired) electrons. The van der Waals surface area contributed by atoms with Crippen molar-refractivity contribution in [1.82, 2.24) is 9.88 Å². The van der Waals surface area contributed by atoms with Crippen molar-refractivity contribution in [3.8, 4) is 11.5 Å². The van der Waals surface area contributed by atoms with Crippen LogP contribution in [0.2, 0.25) is 0 Å². The van der Waals surface area contributed by atoms with E-state index in [-0.39, 0.29) is 0 Å². The lowest BCUT2D eigenvalue weighted by Gasteiger charge is -2.33.